The van der Waals surface area contributed by atoms with Crippen molar-refractivity contribution in [2.45, 2.75) is 33.7 Å². The van der Waals surface area contributed by atoms with Gasteiger partial charge < -0.3 is 15.5 Å². The molecule has 1 atom stereocenters. The summed E-state index contributed by atoms with van der Waals surface area (Å²) in [4.78, 5) is 14.3. The molecule has 0 aliphatic carbocycles. The van der Waals surface area contributed by atoms with E-state index in [4.69, 9.17) is 0 Å². The summed E-state index contributed by atoms with van der Waals surface area (Å²) in [5, 5.41) is 6.20. The molecule has 4 nitrogen and oxygen atoms in total. The van der Waals surface area contributed by atoms with Crippen molar-refractivity contribution in [1.29, 1.82) is 0 Å². The highest BCUT2D eigenvalue weighted by atomic mass is 16.2. The second-order valence-corrected chi connectivity index (χ2v) is 5.83. The van der Waals surface area contributed by atoms with Gasteiger partial charge in [0.1, 0.15) is 5.70 Å². The monoisotopic (exact) mass is 247 g/mol. The van der Waals surface area contributed by atoms with Gasteiger partial charge in [0.15, 0.2) is 0 Å². The molecule has 2 heterocycles. The number of fused-ring (bicyclic) bond motifs is 1. The lowest BCUT2D eigenvalue weighted by Crippen LogP contribution is -2.43. The van der Waals surface area contributed by atoms with Crippen LogP contribution >= 0.6 is 0 Å². The lowest BCUT2D eigenvalue weighted by atomic mass is 9.88. The molecule has 0 saturated heterocycles. The molecule has 0 bridgehead atoms. The maximum atomic E-state index is 12.2. The zero-order valence-electron chi connectivity index (χ0n) is 11.4. The van der Waals surface area contributed by atoms with Crippen LogP contribution < -0.4 is 10.6 Å². The van der Waals surface area contributed by atoms with Crippen LogP contribution in [0, 0.1) is 5.41 Å². The van der Waals surface area contributed by atoms with Gasteiger partial charge in [-0.05, 0) is 24.5 Å². The molecule has 4 heteroatoms. The van der Waals surface area contributed by atoms with E-state index >= 15 is 0 Å². The van der Waals surface area contributed by atoms with E-state index < -0.39 is 0 Å². The summed E-state index contributed by atoms with van der Waals surface area (Å²) < 4.78 is 0. The molecule has 0 aromatic heterocycles. The zero-order chi connectivity index (χ0) is 13.3. The molecule has 0 aromatic rings. The Morgan fingerprint density at radius 1 is 1.44 bits per heavy atom. The molecule has 0 fully saturated rings. The molecule has 0 radical (unpaired) electrons. The van der Waals surface area contributed by atoms with Gasteiger partial charge in [0.05, 0.1) is 12.4 Å². The average Bonchev–Trinajstić information content (AvgIpc) is 2.71. The minimum atomic E-state index is -0.0325. The molecule has 0 aromatic carbocycles. The summed E-state index contributed by atoms with van der Waals surface area (Å²) in [7, 11) is 0. The van der Waals surface area contributed by atoms with Gasteiger partial charge in [-0.2, -0.15) is 0 Å². The Morgan fingerprint density at radius 2 is 2.17 bits per heavy atom. The largest absolute Gasteiger partial charge is 0.361 e. The molecular weight excluding hydrogens is 226 g/mol. The van der Waals surface area contributed by atoms with E-state index in [2.05, 4.69) is 31.4 Å². The zero-order valence-corrected chi connectivity index (χ0v) is 11.4. The fourth-order valence-corrected chi connectivity index (χ4v) is 1.78. The lowest BCUT2D eigenvalue weighted by Gasteiger charge is -2.28. The van der Waals surface area contributed by atoms with Crippen LogP contribution in [0.3, 0.4) is 0 Å². The van der Waals surface area contributed by atoms with Crippen molar-refractivity contribution in [2.75, 3.05) is 6.67 Å². The molecule has 2 aliphatic heterocycles. The first kappa shape index (κ1) is 12.7. The predicted octanol–water partition coefficient (Wildman–Crippen LogP) is 1.69. The summed E-state index contributed by atoms with van der Waals surface area (Å²) >= 11 is 0. The van der Waals surface area contributed by atoms with Crippen molar-refractivity contribution >= 4 is 5.91 Å². The fraction of sp³-hybridized carbons (Fsp3) is 0.500. The Bertz CT molecular complexity index is 440. The lowest BCUT2D eigenvalue weighted by molar-refractivity contribution is -0.119. The molecule has 1 amide bonds. The number of allylic oxidation sites excluding steroid dienone is 3. The second kappa shape index (κ2) is 4.52. The number of hydrogen-bond acceptors (Lipinski definition) is 3. The van der Waals surface area contributed by atoms with Gasteiger partial charge >= 0.3 is 0 Å². The summed E-state index contributed by atoms with van der Waals surface area (Å²) in [5.41, 5.74) is 1.66. The van der Waals surface area contributed by atoms with E-state index in [1.165, 1.54) is 0 Å². The second-order valence-electron chi connectivity index (χ2n) is 5.83. The van der Waals surface area contributed by atoms with E-state index in [1.807, 2.05) is 36.3 Å². The van der Waals surface area contributed by atoms with E-state index in [1.54, 1.807) is 0 Å². The van der Waals surface area contributed by atoms with Gasteiger partial charge in [-0.25, -0.2) is 0 Å². The van der Waals surface area contributed by atoms with E-state index in [0.29, 0.717) is 12.4 Å². The third kappa shape index (κ3) is 2.42. The van der Waals surface area contributed by atoms with Crippen molar-refractivity contribution in [3.63, 3.8) is 0 Å². The van der Waals surface area contributed by atoms with E-state index in [9.17, 15) is 4.79 Å². The minimum Gasteiger partial charge on any atom is -0.361 e. The molecule has 2 N–H and O–H groups in total. The number of nitrogens with one attached hydrogen (secondary N) is 2. The minimum absolute atomic E-state index is 0.0325. The molecule has 2 rings (SSSR count). The standard InChI is InChI=1S/C14H21N3O/c1-10(14(2,3)4)16-13(18)12-11-7-5-6-8-17(11)9-15-12/h5-8,10,15H,9H2,1-4H3,(H,16,18). The summed E-state index contributed by atoms with van der Waals surface area (Å²) in [6.07, 6.45) is 7.83. The molecule has 2 aliphatic rings. The quantitative estimate of drug-likeness (QED) is 0.780. The maximum absolute atomic E-state index is 12.2. The van der Waals surface area contributed by atoms with Crippen LogP contribution in [-0.2, 0) is 4.79 Å². The van der Waals surface area contributed by atoms with Gasteiger partial charge in [0.25, 0.3) is 5.91 Å². The van der Waals surface area contributed by atoms with Gasteiger partial charge in [-0.1, -0.05) is 26.8 Å². The third-order valence-corrected chi connectivity index (χ3v) is 3.50. The molecular formula is C14H21N3O. The molecule has 0 spiro atoms. The van der Waals surface area contributed by atoms with Gasteiger partial charge in [0.2, 0.25) is 0 Å². The average molecular weight is 247 g/mol. The van der Waals surface area contributed by atoms with Crippen molar-refractivity contribution in [2.24, 2.45) is 5.41 Å². The smallest absolute Gasteiger partial charge is 0.269 e. The first-order valence-corrected chi connectivity index (χ1v) is 6.30. The highest BCUT2D eigenvalue weighted by Crippen LogP contribution is 2.22. The van der Waals surface area contributed by atoms with Crippen LogP contribution in [0.5, 0.6) is 0 Å². The number of rotatable bonds is 2. The Labute approximate surface area is 108 Å². The van der Waals surface area contributed by atoms with Crippen LogP contribution in [0.1, 0.15) is 27.7 Å². The number of nitrogens with zero attached hydrogens (tertiary/aromatic N) is 1. The van der Waals surface area contributed by atoms with Gasteiger partial charge in [-0.15, -0.1) is 0 Å². The Kier molecular flexibility index (Phi) is 3.20. The first-order chi connectivity index (χ1) is 8.39. The van der Waals surface area contributed by atoms with Crippen LogP contribution in [-0.4, -0.2) is 23.5 Å². The third-order valence-electron chi connectivity index (χ3n) is 3.50. The summed E-state index contributed by atoms with van der Waals surface area (Å²) in [6, 6.07) is 0.122. The van der Waals surface area contributed by atoms with Crippen LogP contribution in [0.2, 0.25) is 0 Å². The van der Waals surface area contributed by atoms with Crippen molar-refractivity contribution in [3.05, 3.63) is 35.8 Å². The van der Waals surface area contributed by atoms with E-state index in [-0.39, 0.29) is 17.4 Å². The summed E-state index contributed by atoms with van der Waals surface area (Å²) in [5.74, 6) is -0.0325. The highest BCUT2D eigenvalue weighted by molar-refractivity contribution is 5.94. The number of hydrogen-bond donors (Lipinski definition) is 2. The Morgan fingerprint density at radius 3 is 2.83 bits per heavy atom. The van der Waals surface area contributed by atoms with Crippen molar-refractivity contribution < 1.29 is 4.79 Å². The Hall–Kier alpha value is -1.71. The highest BCUT2D eigenvalue weighted by Gasteiger charge is 2.28. The van der Waals surface area contributed by atoms with Crippen molar-refractivity contribution in [1.82, 2.24) is 15.5 Å². The number of carbonyl (C=O) groups excluding carboxylic acids is 1. The van der Waals surface area contributed by atoms with Crippen LogP contribution in [0.25, 0.3) is 0 Å². The van der Waals surface area contributed by atoms with Crippen molar-refractivity contribution in [3.8, 4) is 0 Å². The number of carbonyl (C=O) groups is 1. The maximum Gasteiger partial charge on any atom is 0.269 e. The first-order valence-electron chi connectivity index (χ1n) is 6.30. The molecule has 1 unspecified atom stereocenters. The van der Waals surface area contributed by atoms with E-state index in [0.717, 1.165) is 5.70 Å². The predicted molar refractivity (Wildman–Crippen MR) is 72.2 cm³/mol. The Balaban J connectivity index is 2.11. The topological polar surface area (TPSA) is 44.4 Å². The molecule has 98 valence electrons. The van der Waals surface area contributed by atoms with Crippen LogP contribution in [0.4, 0.5) is 0 Å². The fourth-order valence-electron chi connectivity index (χ4n) is 1.78. The molecule has 0 saturated carbocycles. The van der Waals surface area contributed by atoms with Crippen LogP contribution in [0.15, 0.2) is 35.8 Å². The van der Waals surface area contributed by atoms with Gasteiger partial charge in [0, 0.05) is 12.2 Å². The molecule has 18 heavy (non-hydrogen) atoms. The normalized spacial score (nSPS) is 19.7. The summed E-state index contributed by atoms with van der Waals surface area (Å²) in [6.45, 7) is 9.05. The SMILES string of the molecule is CC(NC(=O)C1=C2C=CC=CN2CN1)C(C)(C)C. The van der Waals surface area contributed by atoms with Gasteiger partial charge in [-0.3, -0.25) is 4.79 Å². The number of amides is 1.